The standard InChI is InChI=1S/C14H21NO/c1-9(2)12-7-11(8-14(15)4-5-14)13(16)6-10(12)3/h6-7,9,16H,4-5,8,15H2,1-3H3. The van der Waals surface area contributed by atoms with Crippen LogP contribution in [-0.2, 0) is 6.42 Å². The Balaban J connectivity index is 2.33. The number of aromatic hydroxyl groups is 1. The molecule has 1 saturated carbocycles. The zero-order valence-corrected chi connectivity index (χ0v) is 10.4. The van der Waals surface area contributed by atoms with E-state index in [1.54, 1.807) is 0 Å². The van der Waals surface area contributed by atoms with Gasteiger partial charge in [0.15, 0.2) is 0 Å². The highest BCUT2D eigenvalue weighted by molar-refractivity contribution is 5.44. The number of hydrogen-bond acceptors (Lipinski definition) is 2. The predicted molar refractivity (Wildman–Crippen MR) is 66.8 cm³/mol. The SMILES string of the molecule is Cc1cc(O)c(CC2(N)CC2)cc1C(C)C. The normalized spacial score (nSPS) is 17.8. The van der Waals surface area contributed by atoms with Gasteiger partial charge in [-0.25, -0.2) is 0 Å². The molecule has 1 aromatic rings. The third-order valence-corrected chi connectivity index (χ3v) is 3.52. The van der Waals surface area contributed by atoms with Crippen molar-refractivity contribution >= 4 is 0 Å². The van der Waals surface area contributed by atoms with Crippen molar-refractivity contribution in [2.45, 2.75) is 51.5 Å². The first kappa shape index (κ1) is 11.5. The van der Waals surface area contributed by atoms with Crippen molar-refractivity contribution in [2.24, 2.45) is 5.73 Å². The molecule has 0 radical (unpaired) electrons. The van der Waals surface area contributed by atoms with E-state index in [4.69, 9.17) is 5.73 Å². The average Bonchev–Trinajstić information content (AvgIpc) is 2.88. The molecular formula is C14H21NO. The van der Waals surface area contributed by atoms with Crippen LogP contribution in [0.25, 0.3) is 0 Å². The van der Waals surface area contributed by atoms with Gasteiger partial charge in [-0.05, 0) is 54.9 Å². The zero-order valence-electron chi connectivity index (χ0n) is 10.4. The molecule has 0 heterocycles. The van der Waals surface area contributed by atoms with Crippen molar-refractivity contribution in [3.05, 3.63) is 28.8 Å². The third kappa shape index (κ3) is 2.22. The largest absolute Gasteiger partial charge is 0.508 e. The van der Waals surface area contributed by atoms with Crippen molar-refractivity contribution in [1.29, 1.82) is 0 Å². The molecular weight excluding hydrogens is 198 g/mol. The molecule has 0 aliphatic heterocycles. The zero-order chi connectivity index (χ0) is 11.9. The van der Waals surface area contributed by atoms with Crippen molar-refractivity contribution < 1.29 is 5.11 Å². The highest BCUT2D eigenvalue weighted by Gasteiger charge is 2.38. The number of aryl methyl sites for hydroxylation is 1. The van der Waals surface area contributed by atoms with E-state index in [1.165, 1.54) is 5.56 Å². The third-order valence-electron chi connectivity index (χ3n) is 3.52. The molecule has 1 aliphatic carbocycles. The maximum Gasteiger partial charge on any atom is 0.119 e. The maximum atomic E-state index is 9.93. The lowest BCUT2D eigenvalue weighted by molar-refractivity contribution is 0.462. The lowest BCUT2D eigenvalue weighted by Gasteiger charge is -2.16. The molecule has 88 valence electrons. The number of phenolic OH excluding ortho intramolecular Hbond substituents is 1. The number of rotatable bonds is 3. The quantitative estimate of drug-likeness (QED) is 0.821. The highest BCUT2D eigenvalue weighted by atomic mass is 16.3. The summed E-state index contributed by atoms with van der Waals surface area (Å²) in [4.78, 5) is 0. The van der Waals surface area contributed by atoms with Crippen LogP contribution in [-0.4, -0.2) is 10.6 Å². The lowest BCUT2D eigenvalue weighted by Crippen LogP contribution is -2.24. The minimum absolute atomic E-state index is 0.0407. The second kappa shape index (κ2) is 3.77. The molecule has 2 heteroatoms. The van der Waals surface area contributed by atoms with Crippen LogP contribution in [0.4, 0.5) is 0 Å². The van der Waals surface area contributed by atoms with Crippen molar-refractivity contribution in [2.75, 3.05) is 0 Å². The van der Waals surface area contributed by atoms with Gasteiger partial charge in [-0.2, -0.15) is 0 Å². The summed E-state index contributed by atoms with van der Waals surface area (Å²) in [5.74, 6) is 0.894. The van der Waals surface area contributed by atoms with E-state index in [0.717, 1.165) is 30.4 Å². The minimum Gasteiger partial charge on any atom is -0.508 e. The summed E-state index contributed by atoms with van der Waals surface area (Å²) in [6.07, 6.45) is 2.97. The number of benzene rings is 1. The van der Waals surface area contributed by atoms with Crippen LogP contribution >= 0.6 is 0 Å². The molecule has 0 atom stereocenters. The highest BCUT2D eigenvalue weighted by Crippen LogP contribution is 2.38. The van der Waals surface area contributed by atoms with Crippen LogP contribution in [0.2, 0.25) is 0 Å². The van der Waals surface area contributed by atoms with Gasteiger partial charge in [0, 0.05) is 5.54 Å². The van der Waals surface area contributed by atoms with Crippen molar-refractivity contribution in [1.82, 2.24) is 0 Å². The van der Waals surface area contributed by atoms with E-state index in [2.05, 4.69) is 19.9 Å². The Labute approximate surface area is 97.5 Å². The fourth-order valence-electron chi connectivity index (χ4n) is 2.24. The Morgan fingerprint density at radius 1 is 1.38 bits per heavy atom. The van der Waals surface area contributed by atoms with Gasteiger partial charge in [-0.3, -0.25) is 0 Å². The van der Waals surface area contributed by atoms with Gasteiger partial charge in [-0.15, -0.1) is 0 Å². The summed E-state index contributed by atoms with van der Waals surface area (Å²) in [6, 6.07) is 4.00. The Morgan fingerprint density at radius 3 is 2.50 bits per heavy atom. The van der Waals surface area contributed by atoms with Crippen LogP contribution < -0.4 is 5.73 Å². The Morgan fingerprint density at radius 2 is 2.00 bits per heavy atom. The van der Waals surface area contributed by atoms with Gasteiger partial charge >= 0.3 is 0 Å². The van der Waals surface area contributed by atoms with E-state index >= 15 is 0 Å². The number of nitrogens with two attached hydrogens (primary N) is 1. The molecule has 0 saturated heterocycles. The van der Waals surface area contributed by atoms with E-state index < -0.39 is 0 Å². The second-order valence-corrected chi connectivity index (χ2v) is 5.53. The van der Waals surface area contributed by atoms with Crippen LogP contribution in [0.3, 0.4) is 0 Å². The first-order valence-corrected chi connectivity index (χ1v) is 6.02. The van der Waals surface area contributed by atoms with E-state index in [-0.39, 0.29) is 5.54 Å². The topological polar surface area (TPSA) is 46.2 Å². The second-order valence-electron chi connectivity index (χ2n) is 5.53. The van der Waals surface area contributed by atoms with Gasteiger partial charge in [0.1, 0.15) is 5.75 Å². The predicted octanol–water partition coefficient (Wildman–Crippen LogP) is 2.86. The Hall–Kier alpha value is -1.02. The molecule has 0 spiro atoms. The molecule has 0 bridgehead atoms. The van der Waals surface area contributed by atoms with Gasteiger partial charge in [0.05, 0.1) is 0 Å². The van der Waals surface area contributed by atoms with Gasteiger partial charge < -0.3 is 10.8 Å². The van der Waals surface area contributed by atoms with Crippen LogP contribution in [0.15, 0.2) is 12.1 Å². The van der Waals surface area contributed by atoms with Gasteiger partial charge in [0.2, 0.25) is 0 Å². The first-order valence-electron chi connectivity index (χ1n) is 6.02. The van der Waals surface area contributed by atoms with Crippen molar-refractivity contribution in [3.8, 4) is 5.75 Å². The molecule has 1 aromatic carbocycles. The fraction of sp³-hybridized carbons (Fsp3) is 0.571. The van der Waals surface area contributed by atoms with E-state index in [1.807, 2.05) is 13.0 Å². The average molecular weight is 219 g/mol. The Kier molecular flexibility index (Phi) is 2.70. The first-order chi connectivity index (χ1) is 7.41. The monoisotopic (exact) mass is 219 g/mol. The molecule has 1 aliphatic rings. The van der Waals surface area contributed by atoms with Crippen LogP contribution in [0.1, 0.15) is 49.3 Å². The number of phenols is 1. The minimum atomic E-state index is -0.0407. The summed E-state index contributed by atoms with van der Waals surface area (Å²) in [5.41, 5.74) is 9.55. The van der Waals surface area contributed by atoms with Gasteiger partial charge in [0.25, 0.3) is 0 Å². The lowest BCUT2D eigenvalue weighted by atomic mass is 9.92. The van der Waals surface area contributed by atoms with Gasteiger partial charge in [-0.1, -0.05) is 19.9 Å². The molecule has 1 fully saturated rings. The molecule has 0 amide bonds. The smallest absolute Gasteiger partial charge is 0.119 e. The molecule has 3 N–H and O–H groups in total. The van der Waals surface area contributed by atoms with E-state index in [9.17, 15) is 5.11 Å². The molecule has 0 aromatic heterocycles. The Bertz CT molecular complexity index is 405. The molecule has 2 rings (SSSR count). The molecule has 2 nitrogen and oxygen atoms in total. The van der Waals surface area contributed by atoms with Crippen molar-refractivity contribution in [3.63, 3.8) is 0 Å². The molecule has 0 unspecified atom stereocenters. The van der Waals surface area contributed by atoms with E-state index in [0.29, 0.717) is 11.7 Å². The fourth-order valence-corrected chi connectivity index (χ4v) is 2.24. The van der Waals surface area contributed by atoms with Crippen LogP contribution in [0, 0.1) is 6.92 Å². The van der Waals surface area contributed by atoms with Crippen LogP contribution in [0.5, 0.6) is 5.75 Å². The summed E-state index contributed by atoms with van der Waals surface area (Å²) in [6.45, 7) is 6.41. The maximum absolute atomic E-state index is 9.93. The molecule has 16 heavy (non-hydrogen) atoms. The number of hydrogen-bond donors (Lipinski definition) is 2. The summed E-state index contributed by atoms with van der Waals surface area (Å²) < 4.78 is 0. The summed E-state index contributed by atoms with van der Waals surface area (Å²) in [7, 11) is 0. The summed E-state index contributed by atoms with van der Waals surface area (Å²) in [5, 5.41) is 9.93. The summed E-state index contributed by atoms with van der Waals surface area (Å²) >= 11 is 0.